The summed E-state index contributed by atoms with van der Waals surface area (Å²) in [5, 5.41) is 10.5. The average molecular weight is 521 g/mol. The van der Waals surface area contributed by atoms with E-state index in [0.717, 1.165) is 5.76 Å². The average Bonchev–Trinajstić information content (AvgIpc) is 3.40. The zero-order valence-electron chi connectivity index (χ0n) is 22.5. The van der Waals surface area contributed by atoms with Gasteiger partial charge in [0.05, 0.1) is 53.0 Å². The van der Waals surface area contributed by atoms with Crippen molar-refractivity contribution in [2.45, 2.75) is 32.7 Å². The van der Waals surface area contributed by atoms with Crippen LogP contribution in [0.15, 0.2) is 34.9 Å². The third-order valence-electron chi connectivity index (χ3n) is 6.03. The number of furan rings is 1. The largest absolute Gasteiger partial charge is 0.493 e. The molecule has 0 aliphatic carbocycles. The molecule has 0 radical (unpaired) electrons. The summed E-state index contributed by atoms with van der Waals surface area (Å²) in [6.07, 6.45) is 0.772. The predicted octanol–water partition coefficient (Wildman–Crippen LogP) is 2.68. The van der Waals surface area contributed by atoms with Crippen LogP contribution >= 0.6 is 0 Å². The number of amides is 1. The highest BCUT2D eigenvalue weighted by Gasteiger charge is 2.28. The molecule has 3 rings (SSSR count). The van der Waals surface area contributed by atoms with Crippen LogP contribution in [0.1, 0.15) is 30.0 Å². The topological polar surface area (TPSA) is 103 Å². The molecular weight excluding hydrogens is 480 g/mol. The lowest BCUT2D eigenvalue weighted by atomic mass is 10.1. The Kier molecular flexibility index (Phi) is 11.1. The number of hydrogen-bond acceptors (Lipinski definition) is 9. The van der Waals surface area contributed by atoms with Crippen molar-refractivity contribution >= 4 is 5.91 Å². The number of carbonyl (C=O) groups excluding carboxylic acids is 1. The van der Waals surface area contributed by atoms with E-state index in [1.807, 2.05) is 11.0 Å². The molecule has 0 saturated carbocycles. The molecule has 2 heterocycles. The normalized spacial score (nSPS) is 17.0. The summed E-state index contributed by atoms with van der Waals surface area (Å²) in [5.74, 6) is 2.14. The fraction of sp³-hybridized carbons (Fsp3) is 0.593. The predicted molar refractivity (Wildman–Crippen MR) is 137 cm³/mol. The smallest absolute Gasteiger partial charge is 0.254 e. The van der Waals surface area contributed by atoms with E-state index >= 15 is 0 Å². The molecule has 1 aromatic heterocycles. The zero-order valence-corrected chi connectivity index (χ0v) is 22.5. The molecule has 0 bridgehead atoms. The highest BCUT2D eigenvalue weighted by atomic mass is 16.5. The maximum atomic E-state index is 13.6. The van der Waals surface area contributed by atoms with Crippen LogP contribution in [0.3, 0.4) is 0 Å². The Hall–Kier alpha value is -2.79. The van der Waals surface area contributed by atoms with Crippen molar-refractivity contribution in [1.82, 2.24) is 9.80 Å². The minimum atomic E-state index is -0.638. The molecule has 2 atom stereocenters. The van der Waals surface area contributed by atoms with E-state index in [9.17, 15) is 9.90 Å². The van der Waals surface area contributed by atoms with Gasteiger partial charge in [0.15, 0.2) is 11.5 Å². The van der Waals surface area contributed by atoms with Gasteiger partial charge in [0.1, 0.15) is 12.4 Å². The molecule has 1 aromatic carbocycles. The summed E-state index contributed by atoms with van der Waals surface area (Å²) >= 11 is 0. The number of ether oxygens (including phenoxy) is 5. The van der Waals surface area contributed by atoms with E-state index in [-0.39, 0.29) is 24.5 Å². The van der Waals surface area contributed by atoms with Crippen molar-refractivity contribution in [1.29, 1.82) is 0 Å². The molecule has 1 fully saturated rings. The van der Waals surface area contributed by atoms with Gasteiger partial charge in [-0.05, 0) is 30.2 Å². The first-order chi connectivity index (χ1) is 17.8. The Morgan fingerprint density at radius 2 is 1.92 bits per heavy atom. The van der Waals surface area contributed by atoms with E-state index in [4.69, 9.17) is 28.1 Å². The van der Waals surface area contributed by atoms with Crippen molar-refractivity contribution < 1.29 is 38.0 Å². The van der Waals surface area contributed by atoms with Gasteiger partial charge in [-0.15, -0.1) is 0 Å². The second kappa shape index (κ2) is 14.2. The van der Waals surface area contributed by atoms with Crippen LogP contribution < -0.4 is 14.2 Å². The molecule has 1 N–H and O–H groups in total. The van der Waals surface area contributed by atoms with Gasteiger partial charge in [-0.2, -0.15) is 0 Å². The highest BCUT2D eigenvalue weighted by molar-refractivity contribution is 5.95. The number of aliphatic hydroxyl groups is 1. The minimum absolute atomic E-state index is 0.139. The maximum Gasteiger partial charge on any atom is 0.254 e. The summed E-state index contributed by atoms with van der Waals surface area (Å²) in [7, 11) is 4.58. The molecule has 10 nitrogen and oxygen atoms in total. The van der Waals surface area contributed by atoms with Crippen LogP contribution in [0.2, 0.25) is 0 Å². The molecule has 1 aliphatic heterocycles. The standard InChI is InChI=1S/C27H40N2O8/c1-19(2)13-29(27(31)20-11-24(32-3)26(34-5)25(12-20)33-4)16-23-15-28(8-10-37-23)14-21(30)17-35-18-22-7-6-9-36-22/h6-7,9,11-12,19,21,23,30H,8,10,13-18H2,1-5H3/t21-,23-/m1/s1. The Balaban J connectivity index is 1.62. The number of morpholine rings is 1. The number of aliphatic hydroxyl groups excluding tert-OH is 1. The van der Waals surface area contributed by atoms with Gasteiger partial charge in [0, 0.05) is 38.3 Å². The van der Waals surface area contributed by atoms with Crippen molar-refractivity contribution in [3.05, 3.63) is 41.9 Å². The van der Waals surface area contributed by atoms with Crippen LogP contribution in [0.5, 0.6) is 17.2 Å². The van der Waals surface area contributed by atoms with Gasteiger partial charge in [0.25, 0.3) is 5.91 Å². The maximum absolute atomic E-state index is 13.6. The summed E-state index contributed by atoms with van der Waals surface area (Å²) in [4.78, 5) is 17.6. The fourth-order valence-corrected chi connectivity index (χ4v) is 4.41. The molecule has 37 heavy (non-hydrogen) atoms. The number of benzene rings is 1. The molecular formula is C27H40N2O8. The quantitative estimate of drug-likeness (QED) is 0.403. The first-order valence-corrected chi connectivity index (χ1v) is 12.6. The summed E-state index contributed by atoms with van der Waals surface area (Å²) in [6, 6.07) is 6.98. The number of nitrogens with zero attached hydrogens (tertiary/aromatic N) is 2. The monoisotopic (exact) mass is 520 g/mol. The van der Waals surface area contributed by atoms with Crippen molar-refractivity contribution in [2.75, 3.05) is 67.3 Å². The highest BCUT2D eigenvalue weighted by Crippen LogP contribution is 2.38. The lowest BCUT2D eigenvalue weighted by Crippen LogP contribution is -2.51. The van der Waals surface area contributed by atoms with E-state index in [2.05, 4.69) is 18.7 Å². The van der Waals surface area contributed by atoms with Crippen molar-refractivity contribution in [3.63, 3.8) is 0 Å². The second-order valence-corrected chi connectivity index (χ2v) is 9.52. The van der Waals surface area contributed by atoms with Gasteiger partial charge >= 0.3 is 0 Å². The van der Waals surface area contributed by atoms with Crippen molar-refractivity contribution in [2.24, 2.45) is 5.92 Å². The number of β-amino-alcohol motifs (C(OH)–C–C–N with tert-alkyl or cyclic N) is 1. The Morgan fingerprint density at radius 1 is 1.19 bits per heavy atom. The molecule has 2 aromatic rings. The van der Waals surface area contributed by atoms with E-state index < -0.39 is 6.10 Å². The van der Waals surface area contributed by atoms with Crippen LogP contribution in [0.25, 0.3) is 0 Å². The third kappa shape index (κ3) is 8.36. The van der Waals surface area contributed by atoms with Crippen LogP contribution in [0, 0.1) is 5.92 Å². The molecule has 10 heteroatoms. The van der Waals surface area contributed by atoms with Crippen LogP contribution in [-0.4, -0.2) is 100 Å². The first-order valence-electron chi connectivity index (χ1n) is 12.6. The molecule has 1 amide bonds. The number of rotatable bonds is 14. The third-order valence-corrected chi connectivity index (χ3v) is 6.03. The van der Waals surface area contributed by atoms with Crippen molar-refractivity contribution in [3.8, 4) is 17.2 Å². The number of methoxy groups -OCH3 is 3. The minimum Gasteiger partial charge on any atom is -0.493 e. The molecule has 0 spiro atoms. The summed E-state index contributed by atoms with van der Waals surface area (Å²) in [6.45, 7) is 7.97. The van der Waals surface area contributed by atoms with Gasteiger partial charge in [-0.3, -0.25) is 9.69 Å². The zero-order chi connectivity index (χ0) is 26.8. The lowest BCUT2D eigenvalue weighted by molar-refractivity contribution is -0.0608. The molecule has 206 valence electrons. The van der Waals surface area contributed by atoms with Crippen LogP contribution in [0.4, 0.5) is 0 Å². The first kappa shape index (κ1) is 28.8. The Bertz CT molecular complexity index is 940. The second-order valence-electron chi connectivity index (χ2n) is 9.52. The van der Waals surface area contributed by atoms with Gasteiger partial charge < -0.3 is 38.1 Å². The number of hydrogen-bond donors (Lipinski definition) is 1. The van der Waals surface area contributed by atoms with Crippen LogP contribution in [-0.2, 0) is 16.1 Å². The summed E-state index contributed by atoms with van der Waals surface area (Å²) < 4.78 is 33.1. The fourth-order valence-electron chi connectivity index (χ4n) is 4.41. The SMILES string of the molecule is COc1cc(C(=O)N(CC(C)C)C[C@H]2CN(C[C@@H](O)COCc3ccco3)CCO2)cc(OC)c1OC. The number of carbonyl (C=O) groups is 1. The lowest BCUT2D eigenvalue weighted by Gasteiger charge is -2.37. The van der Waals surface area contributed by atoms with E-state index in [1.54, 1.807) is 24.5 Å². The molecule has 1 saturated heterocycles. The Labute approximate surface area is 219 Å². The Morgan fingerprint density at radius 3 is 2.51 bits per heavy atom. The van der Waals surface area contributed by atoms with E-state index in [0.29, 0.717) is 68.7 Å². The van der Waals surface area contributed by atoms with Gasteiger partial charge in [-0.1, -0.05) is 13.8 Å². The van der Waals surface area contributed by atoms with E-state index in [1.165, 1.54) is 21.3 Å². The molecule has 1 aliphatic rings. The molecule has 0 unspecified atom stereocenters. The van der Waals surface area contributed by atoms with Gasteiger partial charge in [-0.25, -0.2) is 0 Å². The summed E-state index contributed by atoms with van der Waals surface area (Å²) in [5.41, 5.74) is 0.451. The van der Waals surface area contributed by atoms with Gasteiger partial charge in [0.2, 0.25) is 5.75 Å².